The zero-order valence-corrected chi connectivity index (χ0v) is 20.1. The van der Waals surface area contributed by atoms with Crippen LogP contribution in [0.4, 0.5) is 5.69 Å². The Kier molecular flexibility index (Phi) is 6.20. The van der Waals surface area contributed by atoms with Crippen LogP contribution in [0.25, 0.3) is 21.8 Å². The highest BCUT2D eigenvalue weighted by atomic mass is 32.2. The van der Waals surface area contributed by atoms with Crippen LogP contribution in [0.1, 0.15) is 24.3 Å². The molecule has 0 fully saturated rings. The lowest BCUT2D eigenvalue weighted by Crippen LogP contribution is -2.30. The molecule has 0 saturated carbocycles. The number of anilines is 1. The van der Waals surface area contributed by atoms with Crippen molar-refractivity contribution in [2.45, 2.75) is 31.4 Å². The summed E-state index contributed by atoms with van der Waals surface area (Å²) in [6, 6.07) is 15.0. The van der Waals surface area contributed by atoms with Gasteiger partial charge in [-0.2, -0.15) is 0 Å². The molecule has 2 N–H and O–H groups in total. The third-order valence-corrected chi connectivity index (χ3v) is 7.16. The molecule has 2 aromatic carbocycles. The summed E-state index contributed by atoms with van der Waals surface area (Å²) in [5.74, 6) is -1.30. The Morgan fingerprint density at radius 3 is 2.47 bits per heavy atom. The summed E-state index contributed by atoms with van der Waals surface area (Å²) in [5, 5.41) is 4.90. The van der Waals surface area contributed by atoms with Crippen LogP contribution in [-0.4, -0.2) is 42.6 Å². The Labute approximate surface area is 197 Å². The molecule has 2 heterocycles. The van der Waals surface area contributed by atoms with Crippen molar-refractivity contribution in [1.29, 1.82) is 0 Å². The van der Waals surface area contributed by atoms with Crippen molar-refractivity contribution in [3.05, 3.63) is 60.4 Å². The van der Waals surface area contributed by atoms with Gasteiger partial charge in [0.2, 0.25) is 10.0 Å². The number of hydrogen-bond donors (Lipinski definition) is 2. The predicted molar refractivity (Wildman–Crippen MR) is 130 cm³/mol. The van der Waals surface area contributed by atoms with Gasteiger partial charge in [0.1, 0.15) is 10.6 Å². The molecular formula is C24H26N4O5S. The first-order valence-corrected chi connectivity index (χ1v) is 12.3. The number of esters is 1. The van der Waals surface area contributed by atoms with Crippen molar-refractivity contribution in [1.82, 2.24) is 13.9 Å². The average Bonchev–Trinajstić information content (AvgIpc) is 3.37. The molecule has 0 bridgehead atoms. The number of para-hydroxylation sites is 1. The van der Waals surface area contributed by atoms with E-state index in [2.05, 4.69) is 27.6 Å². The van der Waals surface area contributed by atoms with Gasteiger partial charge in [0.25, 0.3) is 5.91 Å². The number of aromatic nitrogens is 2. The van der Waals surface area contributed by atoms with E-state index in [-0.39, 0.29) is 10.6 Å². The number of hydrogen-bond acceptors (Lipinski definition) is 5. The number of ether oxygens (including phenoxy) is 1. The predicted octanol–water partition coefficient (Wildman–Crippen LogP) is 3.25. The molecule has 1 atom stereocenters. The molecule has 4 aromatic rings. The average molecular weight is 483 g/mol. The van der Waals surface area contributed by atoms with E-state index in [0.717, 1.165) is 28.4 Å². The minimum Gasteiger partial charge on any atom is -0.448 e. The summed E-state index contributed by atoms with van der Waals surface area (Å²) < 4.78 is 35.0. The van der Waals surface area contributed by atoms with E-state index in [1.54, 1.807) is 0 Å². The van der Waals surface area contributed by atoms with Crippen molar-refractivity contribution in [2.24, 2.45) is 7.05 Å². The standard InChI is InChI=1S/C24H26N4O5S/c1-5-28-20-9-7-6-8-18(20)19-12-16(10-11-21(19)28)26-23(29)15(2)33-24(30)22-13-17(14-27(22)4)34(31,32)25-3/h6-15,25H,5H2,1-4H3,(H,26,29). The summed E-state index contributed by atoms with van der Waals surface area (Å²) >= 11 is 0. The molecule has 1 amide bonds. The molecule has 0 aliphatic rings. The smallest absolute Gasteiger partial charge is 0.355 e. The number of nitrogens with one attached hydrogen (secondary N) is 2. The second-order valence-electron chi connectivity index (χ2n) is 7.91. The highest BCUT2D eigenvalue weighted by Crippen LogP contribution is 2.31. The Hall–Kier alpha value is -3.63. The van der Waals surface area contributed by atoms with E-state index >= 15 is 0 Å². The monoisotopic (exact) mass is 482 g/mol. The van der Waals surface area contributed by atoms with Gasteiger partial charge in [0.15, 0.2) is 6.10 Å². The van der Waals surface area contributed by atoms with Crippen molar-refractivity contribution in [3.63, 3.8) is 0 Å². The number of nitrogens with zero attached hydrogens (tertiary/aromatic N) is 2. The molecule has 2 aromatic heterocycles. The minimum atomic E-state index is -3.71. The van der Waals surface area contributed by atoms with Crippen LogP contribution in [0.2, 0.25) is 0 Å². The van der Waals surface area contributed by atoms with E-state index in [9.17, 15) is 18.0 Å². The van der Waals surface area contributed by atoms with Gasteiger partial charge < -0.3 is 19.2 Å². The number of sulfonamides is 1. The maximum Gasteiger partial charge on any atom is 0.355 e. The van der Waals surface area contributed by atoms with Gasteiger partial charge >= 0.3 is 5.97 Å². The van der Waals surface area contributed by atoms with E-state index in [4.69, 9.17) is 4.74 Å². The van der Waals surface area contributed by atoms with Gasteiger partial charge in [-0.05, 0) is 51.2 Å². The molecule has 1 unspecified atom stereocenters. The van der Waals surface area contributed by atoms with Crippen molar-refractivity contribution in [3.8, 4) is 0 Å². The number of aryl methyl sites for hydroxylation is 2. The van der Waals surface area contributed by atoms with E-state index < -0.39 is 28.0 Å². The zero-order chi connectivity index (χ0) is 24.6. The first-order chi connectivity index (χ1) is 16.2. The third-order valence-electron chi connectivity index (χ3n) is 5.78. The molecule has 9 nitrogen and oxygen atoms in total. The van der Waals surface area contributed by atoms with Crippen LogP contribution in [0.5, 0.6) is 0 Å². The van der Waals surface area contributed by atoms with Crippen LogP contribution in [0, 0.1) is 0 Å². The van der Waals surface area contributed by atoms with Crippen LogP contribution in [-0.2, 0) is 33.1 Å². The largest absolute Gasteiger partial charge is 0.448 e. The number of amides is 1. The highest BCUT2D eigenvalue weighted by molar-refractivity contribution is 7.89. The molecule has 0 saturated heterocycles. The molecule has 10 heteroatoms. The molecule has 178 valence electrons. The highest BCUT2D eigenvalue weighted by Gasteiger charge is 2.24. The Morgan fingerprint density at radius 1 is 1.06 bits per heavy atom. The fourth-order valence-electron chi connectivity index (χ4n) is 3.99. The molecule has 0 aliphatic carbocycles. The topological polar surface area (TPSA) is 111 Å². The van der Waals surface area contributed by atoms with E-state index in [1.807, 2.05) is 36.4 Å². The second-order valence-corrected chi connectivity index (χ2v) is 9.80. The lowest BCUT2D eigenvalue weighted by molar-refractivity contribution is -0.123. The maximum absolute atomic E-state index is 12.7. The Balaban J connectivity index is 1.52. The van der Waals surface area contributed by atoms with Gasteiger partial charge in [-0.1, -0.05) is 18.2 Å². The summed E-state index contributed by atoms with van der Waals surface area (Å²) in [6.45, 7) is 4.36. The molecule has 34 heavy (non-hydrogen) atoms. The number of fused-ring (bicyclic) bond motifs is 3. The fourth-order valence-corrected chi connectivity index (χ4v) is 4.79. The SMILES string of the molecule is CCn1c2ccccc2c2cc(NC(=O)C(C)OC(=O)c3cc(S(=O)(=O)NC)cn3C)ccc21. The lowest BCUT2D eigenvalue weighted by Gasteiger charge is -2.14. The maximum atomic E-state index is 12.7. The molecular weight excluding hydrogens is 456 g/mol. The molecule has 0 radical (unpaired) electrons. The van der Waals surface area contributed by atoms with Crippen molar-refractivity contribution >= 4 is 49.4 Å². The minimum absolute atomic E-state index is 0.0160. The number of carbonyl (C=O) groups excluding carboxylic acids is 2. The van der Waals surface area contributed by atoms with Crippen LogP contribution < -0.4 is 10.0 Å². The van der Waals surface area contributed by atoms with Gasteiger partial charge in [-0.3, -0.25) is 4.79 Å². The summed E-state index contributed by atoms with van der Waals surface area (Å²) in [4.78, 5) is 25.2. The summed E-state index contributed by atoms with van der Waals surface area (Å²) in [7, 11) is -0.905. The third kappa shape index (κ3) is 4.17. The summed E-state index contributed by atoms with van der Waals surface area (Å²) in [6.07, 6.45) is 0.203. The lowest BCUT2D eigenvalue weighted by atomic mass is 10.1. The molecule has 4 rings (SSSR count). The van der Waals surface area contributed by atoms with E-state index in [0.29, 0.717) is 5.69 Å². The molecule has 0 spiro atoms. The quantitative estimate of drug-likeness (QED) is 0.393. The zero-order valence-electron chi connectivity index (χ0n) is 19.3. The molecule has 0 aliphatic heterocycles. The van der Waals surface area contributed by atoms with E-state index in [1.165, 1.54) is 37.8 Å². The van der Waals surface area contributed by atoms with Gasteiger partial charge in [-0.15, -0.1) is 0 Å². The van der Waals surface area contributed by atoms with Gasteiger partial charge in [0.05, 0.1) is 0 Å². The number of rotatable bonds is 7. The Bertz CT molecular complexity index is 1520. The van der Waals surface area contributed by atoms with Gasteiger partial charge in [0, 0.05) is 47.3 Å². The van der Waals surface area contributed by atoms with Gasteiger partial charge in [-0.25, -0.2) is 17.9 Å². The van der Waals surface area contributed by atoms with Crippen LogP contribution in [0.3, 0.4) is 0 Å². The van der Waals surface area contributed by atoms with Crippen LogP contribution >= 0.6 is 0 Å². The number of benzene rings is 2. The first kappa shape index (κ1) is 23.5. The fraction of sp³-hybridized carbons (Fsp3) is 0.250. The van der Waals surface area contributed by atoms with Crippen molar-refractivity contribution in [2.75, 3.05) is 12.4 Å². The second kappa shape index (κ2) is 8.96. The Morgan fingerprint density at radius 2 is 1.76 bits per heavy atom. The van der Waals surface area contributed by atoms with Crippen molar-refractivity contribution < 1.29 is 22.7 Å². The first-order valence-electron chi connectivity index (χ1n) is 10.8. The normalized spacial score (nSPS) is 12.7. The summed E-state index contributed by atoms with van der Waals surface area (Å²) in [5.41, 5.74) is 2.79. The van der Waals surface area contributed by atoms with Crippen LogP contribution in [0.15, 0.2) is 59.6 Å². The number of carbonyl (C=O) groups is 2.